The van der Waals surface area contributed by atoms with Crippen LogP contribution >= 0.6 is 0 Å². The van der Waals surface area contributed by atoms with Gasteiger partial charge in [0.05, 0.1) is 0 Å². The van der Waals surface area contributed by atoms with Crippen LogP contribution < -0.4 is 0 Å². The van der Waals surface area contributed by atoms with Gasteiger partial charge in [0.1, 0.15) is 5.82 Å². The molecule has 0 N–H and O–H groups in total. The van der Waals surface area contributed by atoms with E-state index < -0.39 is 0 Å². The smallest absolute Gasteiger partial charge is 0.134 e. The van der Waals surface area contributed by atoms with Crippen LogP contribution in [0.4, 0.5) is 4.39 Å². The lowest BCUT2D eigenvalue weighted by Crippen LogP contribution is -2.12. The lowest BCUT2D eigenvalue weighted by Gasteiger charge is -2.27. The second-order valence-corrected chi connectivity index (χ2v) is 8.05. The summed E-state index contributed by atoms with van der Waals surface area (Å²) in [6.45, 7) is 6.05. The van der Waals surface area contributed by atoms with Crippen molar-refractivity contribution < 1.29 is 4.39 Å². The first-order valence-electron chi connectivity index (χ1n) is 10.6. The maximum atomic E-state index is 15.2. The van der Waals surface area contributed by atoms with Crippen molar-refractivity contribution in [3.8, 4) is 11.8 Å². The maximum Gasteiger partial charge on any atom is 0.134 e. The van der Waals surface area contributed by atoms with Gasteiger partial charge in [-0.25, -0.2) is 4.39 Å². The molecular weight excluding hydrogens is 355 g/mol. The Kier molecular flexibility index (Phi) is 5.81. The van der Waals surface area contributed by atoms with E-state index in [9.17, 15) is 0 Å². The Balaban J connectivity index is 1.57. The van der Waals surface area contributed by atoms with E-state index in [0.29, 0.717) is 17.2 Å². The SMILES string of the molecule is C=CC1CCC(c2ccc3cc(C#Cc4ccc(CC)cc4)ccc3c2F)CC1. The maximum absolute atomic E-state index is 15.2. The summed E-state index contributed by atoms with van der Waals surface area (Å²) in [5.41, 5.74) is 4.09. The molecule has 0 aromatic heterocycles. The molecule has 0 radical (unpaired) electrons. The van der Waals surface area contributed by atoms with Gasteiger partial charge in [-0.15, -0.1) is 6.58 Å². The Morgan fingerprint density at radius 2 is 1.62 bits per heavy atom. The van der Waals surface area contributed by atoms with Gasteiger partial charge in [-0.3, -0.25) is 0 Å². The molecular formula is C28H27F. The average Bonchev–Trinajstić information content (AvgIpc) is 2.78. The topological polar surface area (TPSA) is 0 Å². The summed E-state index contributed by atoms with van der Waals surface area (Å²) in [6.07, 6.45) is 7.38. The molecule has 1 fully saturated rings. The van der Waals surface area contributed by atoms with Crippen molar-refractivity contribution in [1.29, 1.82) is 0 Å². The van der Waals surface area contributed by atoms with Gasteiger partial charge in [-0.05, 0) is 84.7 Å². The zero-order valence-electron chi connectivity index (χ0n) is 17.0. The molecule has 3 aromatic carbocycles. The normalized spacial score (nSPS) is 18.8. The number of aryl methyl sites for hydroxylation is 1. The van der Waals surface area contributed by atoms with Crippen LogP contribution in [-0.2, 0) is 6.42 Å². The number of halogens is 1. The minimum absolute atomic E-state index is 0.0563. The van der Waals surface area contributed by atoms with Crippen molar-refractivity contribution in [2.75, 3.05) is 0 Å². The highest BCUT2D eigenvalue weighted by Gasteiger charge is 2.23. The standard InChI is InChI=1S/C28H27F/c1-3-20-5-7-22(8-6-20)9-10-23-13-17-27-25(19-23)16-18-26(28(27)29)24-14-11-21(4-2)12-15-24/h4-8,13,16-19,21,24H,2-3,11-12,14-15H2,1H3. The summed E-state index contributed by atoms with van der Waals surface area (Å²) in [7, 11) is 0. The fourth-order valence-corrected chi connectivity index (χ4v) is 4.34. The predicted molar refractivity (Wildman–Crippen MR) is 121 cm³/mol. The van der Waals surface area contributed by atoms with Crippen molar-refractivity contribution >= 4 is 10.8 Å². The summed E-state index contributed by atoms with van der Waals surface area (Å²) >= 11 is 0. The third-order valence-corrected chi connectivity index (χ3v) is 6.24. The average molecular weight is 383 g/mol. The Bertz CT molecular complexity index is 1070. The van der Waals surface area contributed by atoms with Crippen molar-refractivity contribution in [1.82, 2.24) is 0 Å². The van der Waals surface area contributed by atoms with Crippen molar-refractivity contribution in [2.45, 2.75) is 44.9 Å². The molecule has 4 rings (SSSR count). The number of fused-ring (bicyclic) bond motifs is 1. The number of hydrogen-bond acceptors (Lipinski definition) is 0. The largest absolute Gasteiger partial charge is 0.206 e. The van der Waals surface area contributed by atoms with E-state index in [-0.39, 0.29) is 5.82 Å². The molecule has 0 amide bonds. The van der Waals surface area contributed by atoms with Crippen LogP contribution in [-0.4, -0.2) is 0 Å². The molecule has 146 valence electrons. The lowest BCUT2D eigenvalue weighted by atomic mass is 9.78. The monoisotopic (exact) mass is 382 g/mol. The van der Waals surface area contributed by atoms with Gasteiger partial charge in [0.25, 0.3) is 0 Å². The first kappa shape index (κ1) is 19.5. The Morgan fingerprint density at radius 3 is 2.31 bits per heavy atom. The summed E-state index contributed by atoms with van der Waals surface area (Å²) in [6, 6.07) is 18.2. The summed E-state index contributed by atoms with van der Waals surface area (Å²) in [4.78, 5) is 0. The number of benzene rings is 3. The molecule has 1 aliphatic carbocycles. The predicted octanol–water partition coefficient (Wildman–Crippen LogP) is 7.40. The van der Waals surface area contributed by atoms with E-state index in [0.717, 1.165) is 54.2 Å². The molecule has 0 bridgehead atoms. The summed E-state index contributed by atoms with van der Waals surface area (Å²) < 4.78 is 15.2. The van der Waals surface area contributed by atoms with Crippen molar-refractivity contribution in [3.05, 3.63) is 95.3 Å². The van der Waals surface area contributed by atoms with Gasteiger partial charge in [0.2, 0.25) is 0 Å². The summed E-state index contributed by atoms with van der Waals surface area (Å²) in [5.74, 6) is 7.29. The molecule has 1 aliphatic rings. The van der Waals surface area contributed by atoms with Gasteiger partial charge < -0.3 is 0 Å². The molecule has 0 aliphatic heterocycles. The fourth-order valence-electron chi connectivity index (χ4n) is 4.34. The minimum Gasteiger partial charge on any atom is -0.206 e. The van der Waals surface area contributed by atoms with Crippen molar-refractivity contribution in [2.24, 2.45) is 5.92 Å². The van der Waals surface area contributed by atoms with Crippen LogP contribution in [0.3, 0.4) is 0 Å². The zero-order chi connectivity index (χ0) is 20.2. The second kappa shape index (κ2) is 8.66. The van der Waals surface area contributed by atoms with E-state index in [1.807, 2.05) is 30.3 Å². The number of rotatable bonds is 3. The first-order chi connectivity index (χ1) is 14.2. The van der Waals surface area contributed by atoms with E-state index in [1.54, 1.807) is 0 Å². The van der Waals surface area contributed by atoms with Crippen LogP contribution in [0.15, 0.2) is 67.3 Å². The molecule has 0 atom stereocenters. The molecule has 1 heteroatoms. The second-order valence-electron chi connectivity index (χ2n) is 8.05. The molecule has 29 heavy (non-hydrogen) atoms. The van der Waals surface area contributed by atoms with Gasteiger partial charge >= 0.3 is 0 Å². The van der Waals surface area contributed by atoms with Crippen LogP contribution in [0.2, 0.25) is 0 Å². The first-order valence-corrected chi connectivity index (χ1v) is 10.6. The molecule has 1 saturated carbocycles. The highest BCUT2D eigenvalue weighted by Crippen LogP contribution is 2.38. The van der Waals surface area contributed by atoms with Gasteiger partial charge in [0.15, 0.2) is 0 Å². The molecule has 0 saturated heterocycles. The number of hydrogen-bond donors (Lipinski definition) is 0. The zero-order valence-corrected chi connectivity index (χ0v) is 17.0. The fraction of sp³-hybridized carbons (Fsp3) is 0.286. The van der Waals surface area contributed by atoms with E-state index >= 15 is 4.39 Å². The minimum atomic E-state index is -0.0563. The van der Waals surface area contributed by atoms with Gasteiger partial charge in [-0.1, -0.05) is 55.2 Å². The Labute approximate surface area is 173 Å². The van der Waals surface area contributed by atoms with Crippen LogP contribution in [0.1, 0.15) is 60.8 Å². The third kappa shape index (κ3) is 4.28. The van der Waals surface area contributed by atoms with E-state index in [1.165, 1.54) is 5.56 Å². The van der Waals surface area contributed by atoms with Gasteiger partial charge in [0, 0.05) is 16.5 Å². The van der Waals surface area contributed by atoms with Crippen LogP contribution in [0.5, 0.6) is 0 Å². The van der Waals surface area contributed by atoms with Crippen LogP contribution in [0, 0.1) is 23.6 Å². The molecule has 0 heterocycles. The highest BCUT2D eigenvalue weighted by atomic mass is 19.1. The van der Waals surface area contributed by atoms with E-state index in [2.05, 4.69) is 55.7 Å². The Hall–Kier alpha value is -2.85. The molecule has 0 spiro atoms. The van der Waals surface area contributed by atoms with Gasteiger partial charge in [-0.2, -0.15) is 0 Å². The Morgan fingerprint density at radius 1 is 0.931 bits per heavy atom. The quantitative estimate of drug-likeness (QED) is 0.327. The van der Waals surface area contributed by atoms with Crippen LogP contribution in [0.25, 0.3) is 10.8 Å². The van der Waals surface area contributed by atoms with E-state index in [4.69, 9.17) is 0 Å². The molecule has 3 aromatic rings. The summed E-state index contributed by atoms with van der Waals surface area (Å²) in [5, 5.41) is 1.62. The number of allylic oxidation sites excluding steroid dienone is 1. The molecule has 0 nitrogen and oxygen atoms in total. The highest BCUT2D eigenvalue weighted by molar-refractivity contribution is 5.85. The van der Waals surface area contributed by atoms with Crippen molar-refractivity contribution in [3.63, 3.8) is 0 Å². The molecule has 0 unspecified atom stereocenters. The lowest BCUT2D eigenvalue weighted by molar-refractivity contribution is 0.369. The third-order valence-electron chi connectivity index (χ3n) is 6.24.